The Hall–Kier alpha value is -5.40. The lowest BCUT2D eigenvalue weighted by Crippen LogP contribution is -2.42. The van der Waals surface area contributed by atoms with Gasteiger partial charge >= 0.3 is 0 Å². The van der Waals surface area contributed by atoms with Crippen molar-refractivity contribution in [2.75, 3.05) is 0 Å². The van der Waals surface area contributed by atoms with Crippen LogP contribution >= 0.6 is 0 Å². The molecule has 4 atom stereocenters. The zero-order chi connectivity index (χ0) is 33.4. The molecule has 1 aromatic heterocycles. The van der Waals surface area contributed by atoms with Crippen LogP contribution in [0.3, 0.4) is 0 Å². The summed E-state index contributed by atoms with van der Waals surface area (Å²) in [4.78, 5) is 15.3. The highest BCUT2D eigenvalue weighted by Crippen LogP contribution is 2.54. The molecule has 0 aliphatic heterocycles. The van der Waals surface area contributed by atoms with Gasteiger partial charge in [0, 0.05) is 16.7 Å². The van der Waals surface area contributed by atoms with Crippen LogP contribution in [0.15, 0.2) is 127 Å². The van der Waals surface area contributed by atoms with E-state index in [1.54, 1.807) is 0 Å². The van der Waals surface area contributed by atoms with Crippen molar-refractivity contribution in [2.24, 2.45) is 17.8 Å². The van der Waals surface area contributed by atoms with E-state index in [9.17, 15) is 5.26 Å². The van der Waals surface area contributed by atoms with Crippen LogP contribution in [-0.4, -0.2) is 15.0 Å². The molecule has 0 saturated heterocycles. The van der Waals surface area contributed by atoms with Crippen LogP contribution in [0.5, 0.6) is 0 Å². The first-order valence-electron chi connectivity index (χ1n) is 17.6. The van der Waals surface area contributed by atoms with E-state index in [0.29, 0.717) is 34.9 Å². The summed E-state index contributed by atoms with van der Waals surface area (Å²) in [5.74, 6) is 3.91. The lowest BCUT2D eigenvalue weighted by molar-refractivity contribution is 0.0780. The molecule has 0 N–H and O–H groups in total. The number of nitriles is 1. The summed E-state index contributed by atoms with van der Waals surface area (Å²) >= 11 is 0. The highest BCUT2D eigenvalue weighted by Gasteiger charge is 2.45. The minimum Gasteiger partial charge on any atom is -0.208 e. The van der Waals surface area contributed by atoms with Gasteiger partial charge in [-0.05, 0) is 107 Å². The maximum absolute atomic E-state index is 10.3. The summed E-state index contributed by atoms with van der Waals surface area (Å²) in [6, 6.07) is 46.5. The zero-order valence-corrected chi connectivity index (χ0v) is 28.2. The quantitative estimate of drug-likeness (QED) is 0.182. The molecule has 49 heavy (non-hydrogen) atoms. The van der Waals surface area contributed by atoms with E-state index in [0.717, 1.165) is 52.1 Å². The fourth-order valence-electron chi connectivity index (χ4n) is 8.86. The zero-order valence-electron chi connectivity index (χ0n) is 28.2. The maximum atomic E-state index is 10.3. The van der Waals surface area contributed by atoms with Crippen molar-refractivity contribution in [1.82, 2.24) is 15.0 Å². The van der Waals surface area contributed by atoms with Crippen molar-refractivity contribution < 1.29 is 0 Å². The number of rotatable bonds is 6. The second kappa shape index (κ2) is 12.9. The molecule has 0 amide bonds. The average molecular weight is 637 g/mol. The molecule has 1 heterocycles. The number of hydrogen-bond donors (Lipinski definition) is 0. The monoisotopic (exact) mass is 636 g/mol. The molecule has 0 spiro atoms. The third-order valence-corrected chi connectivity index (χ3v) is 10.7. The summed E-state index contributed by atoms with van der Waals surface area (Å²) in [7, 11) is 0. The predicted molar refractivity (Wildman–Crippen MR) is 198 cm³/mol. The van der Waals surface area contributed by atoms with Crippen LogP contribution in [0.2, 0.25) is 0 Å². The van der Waals surface area contributed by atoms with Gasteiger partial charge in [0.25, 0.3) is 0 Å². The molecule has 2 bridgehead atoms. The van der Waals surface area contributed by atoms with Gasteiger partial charge < -0.3 is 0 Å². The molecule has 4 heteroatoms. The van der Waals surface area contributed by atoms with E-state index < -0.39 is 0 Å². The smallest absolute Gasteiger partial charge is 0.164 e. The van der Waals surface area contributed by atoms with Crippen LogP contribution in [-0.2, 0) is 5.41 Å². The van der Waals surface area contributed by atoms with Gasteiger partial charge in [-0.3, -0.25) is 0 Å². The van der Waals surface area contributed by atoms with E-state index in [4.69, 9.17) is 15.0 Å². The molecule has 4 nitrogen and oxygen atoms in total. The number of aromatic nitrogens is 3. The predicted octanol–water partition coefficient (Wildman–Crippen LogP) is 11.2. The Balaban J connectivity index is 1.27. The van der Waals surface area contributed by atoms with Crippen LogP contribution in [0.1, 0.15) is 57.1 Å². The number of benzene rings is 5. The summed E-state index contributed by atoms with van der Waals surface area (Å²) in [6.45, 7) is 4.81. The second-order valence-corrected chi connectivity index (χ2v) is 14.5. The van der Waals surface area contributed by atoms with Crippen molar-refractivity contribution in [3.8, 4) is 62.5 Å². The molecule has 0 radical (unpaired) electrons. The molecule has 2 aliphatic carbocycles. The molecule has 8 rings (SSSR count). The largest absolute Gasteiger partial charge is 0.208 e. The first-order chi connectivity index (χ1) is 23.9. The lowest BCUT2D eigenvalue weighted by atomic mass is 9.54. The normalized spacial score (nSPS) is 21.5. The van der Waals surface area contributed by atoms with Crippen LogP contribution in [0.4, 0.5) is 0 Å². The topological polar surface area (TPSA) is 62.5 Å². The van der Waals surface area contributed by atoms with Gasteiger partial charge in [0.05, 0.1) is 11.6 Å². The molecular weight excluding hydrogens is 597 g/mol. The number of fused-ring (bicyclic) bond motifs is 2. The summed E-state index contributed by atoms with van der Waals surface area (Å²) in [5, 5.41) is 10.3. The molecular formula is C45H40N4. The highest BCUT2D eigenvalue weighted by molar-refractivity contribution is 5.74. The van der Waals surface area contributed by atoms with E-state index in [1.165, 1.54) is 30.4 Å². The second-order valence-electron chi connectivity index (χ2n) is 14.5. The van der Waals surface area contributed by atoms with Crippen molar-refractivity contribution in [2.45, 2.75) is 51.4 Å². The van der Waals surface area contributed by atoms with Crippen molar-refractivity contribution >= 4 is 0 Å². The average Bonchev–Trinajstić information content (AvgIpc) is 3.14. The SMILES string of the molecule is C[C@@H]1C[C@@H]2C[C@H](C)CC(c3cc(C#N)cc(-c4nc(-c5ccc(-c6ccccc6)cc5)nc(-c5cccc(-c6ccccc6)c5)n4)c3)(C1)C2. The van der Waals surface area contributed by atoms with Crippen molar-refractivity contribution in [3.05, 3.63) is 139 Å². The number of hydrogen-bond acceptors (Lipinski definition) is 4. The summed E-state index contributed by atoms with van der Waals surface area (Å²) in [6.07, 6.45) is 6.14. The van der Waals surface area contributed by atoms with E-state index in [-0.39, 0.29) is 5.41 Å². The molecule has 5 aromatic carbocycles. The molecule has 6 aromatic rings. The van der Waals surface area contributed by atoms with Gasteiger partial charge in [-0.1, -0.05) is 117 Å². The van der Waals surface area contributed by atoms with E-state index in [1.807, 2.05) is 18.2 Å². The Labute approximate surface area is 289 Å². The standard InChI is InChI=1S/C45H40N4/c1-30-20-32-21-31(2)27-45(26-30,28-32)41-23-33(29-46)22-40(25-41)44-48-42(37-18-16-36(17-19-37)34-10-5-3-6-11-34)47-43(49-44)39-15-9-14-38(24-39)35-12-7-4-8-13-35/h3-19,22-25,30-32H,20-21,26-28H2,1-2H3/t30-,31+,32-,45?. The molecule has 2 saturated carbocycles. The Morgan fingerprint density at radius 1 is 0.510 bits per heavy atom. The van der Waals surface area contributed by atoms with Gasteiger partial charge in [-0.2, -0.15) is 5.26 Å². The van der Waals surface area contributed by atoms with Gasteiger partial charge in [-0.25, -0.2) is 15.0 Å². The van der Waals surface area contributed by atoms with Gasteiger partial charge in [0.15, 0.2) is 17.5 Å². The Kier molecular flexibility index (Phi) is 8.14. The van der Waals surface area contributed by atoms with E-state index in [2.05, 4.69) is 129 Å². The summed E-state index contributed by atoms with van der Waals surface area (Å²) < 4.78 is 0. The fourth-order valence-corrected chi connectivity index (χ4v) is 8.86. The minimum atomic E-state index is 0.0809. The molecule has 2 fully saturated rings. The summed E-state index contributed by atoms with van der Waals surface area (Å²) in [5.41, 5.74) is 9.29. The minimum absolute atomic E-state index is 0.0809. The van der Waals surface area contributed by atoms with E-state index >= 15 is 0 Å². The van der Waals surface area contributed by atoms with Crippen LogP contribution in [0, 0.1) is 29.1 Å². The Morgan fingerprint density at radius 2 is 1.02 bits per heavy atom. The molecule has 1 unspecified atom stereocenters. The first kappa shape index (κ1) is 30.9. The van der Waals surface area contributed by atoms with Crippen molar-refractivity contribution in [1.29, 1.82) is 5.26 Å². The highest BCUT2D eigenvalue weighted by atomic mass is 15.0. The molecule has 2 aliphatic rings. The number of nitrogens with zero attached hydrogens (tertiary/aromatic N) is 4. The lowest BCUT2D eigenvalue weighted by Gasteiger charge is -2.50. The Morgan fingerprint density at radius 3 is 1.65 bits per heavy atom. The van der Waals surface area contributed by atoms with Crippen LogP contribution in [0.25, 0.3) is 56.4 Å². The Bertz CT molecular complexity index is 2130. The molecule has 240 valence electrons. The van der Waals surface area contributed by atoms with Crippen molar-refractivity contribution in [3.63, 3.8) is 0 Å². The third kappa shape index (κ3) is 6.30. The fraction of sp³-hybridized carbons (Fsp3) is 0.244. The van der Waals surface area contributed by atoms with Gasteiger partial charge in [0.2, 0.25) is 0 Å². The van der Waals surface area contributed by atoms with Gasteiger partial charge in [0.1, 0.15) is 0 Å². The van der Waals surface area contributed by atoms with Gasteiger partial charge in [-0.15, -0.1) is 0 Å². The maximum Gasteiger partial charge on any atom is 0.164 e. The first-order valence-corrected chi connectivity index (χ1v) is 17.6. The van der Waals surface area contributed by atoms with Crippen LogP contribution < -0.4 is 0 Å². The third-order valence-electron chi connectivity index (χ3n) is 10.7.